The lowest BCUT2D eigenvalue weighted by Crippen LogP contribution is -2.88. The lowest BCUT2D eigenvalue weighted by Gasteiger charge is -2.83. The number of thioether (sulfide) groups is 1. The van der Waals surface area contributed by atoms with Crippen molar-refractivity contribution in [2.75, 3.05) is 18.1 Å². The van der Waals surface area contributed by atoms with E-state index in [1.807, 2.05) is 0 Å². The highest BCUT2D eigenvalue weighted by Crippen LogP contribution is 2.77. The van der Waals surface area contributed by atoms with Crippen molar-refractivity contribution in [1.29, 1.82) is 0 Å². The maximum Gasteiger partial charge on any atom is 0.188 e. The van der Waals surface area contributed by atoms with Crippen LogP contribution in [0, 0.1) is 34.5 Å². The zero-order chi connectivity index (χ0) is 21.3. The van der Waals surface area contributed by atoms with Crippen LogP contribution in [-0.4, -0.2) is 50.9 Å². The largest absolute Gasteiger partial charge is 0.389 e. The smallest absolute Gasteiger partial charge is 0.188 e. The normalized spacial score (nSPS) is 50.9. The molecule has 0 aromatic heterocycles. The van der Waals surface area contributed by atoms with Crippen molar-refractivity contribution in [3.63, 3.8) is 0 Å². The zero-order valence-electron chi connectivity index (χ0n) is 19.1. The van der Waals surface area contributed by atoms with Gasteiger partial charge in [0.15, 0.2) is 5.12 Å². The number of nitrogens with zero attached hydrogens (tertiary/aromatic N) is 1. The van der Waals surface area contributed by atoms with Gasteiger partial charge in [0.2, 0.25) is 0 Å². The van der Waals surface area contributed by atoms with E-state index < -0.39 is 5.60 Å². The van der Waals surface area contributed by atoms with E-state index in [4.69, 9.17) is 0 Å². The minimum atomic E-state index is -0.563. The van der Waals surface area contributed by atoms with Crippen LogP contribution in [-0.2, 0) is 4.79 Å². The molecule has 5 heteroatoms. The van der Waals surface area contributed by atoms with Crippen LogP contribution in [0.15, 0.2) is 0 Å². The number of hydrogen-bond donors (Lipinski definition) is 2. The first-order valence-electron chi connectivity index (χ1n) is 12.5. The number of thiol groups is 1. The van der Waals surface area contributed by atoms with E-state index in [2.05, 4.69) is 38.3 Å². The van der Waals surface area contributed by atoms with Crippen molar-refractivity contribution in [3.05, 3.63) is 0 Å². The number of hydrogen-bond acceptors (Lipinski definition) is 5. The highest BCUT2D eigenvalue weighted by atomic mass is 32.2. The maximum absolute atomic E-state index is 12.9. The Labute approximate surface area is 192 Å². The summed E-state index contributed by atoms with van der Waals surface area (Å²) in [5, 5.41) is 12.9. The van der Waals surface area contributed by atoms with Gasteiger partial charge in [0.05, 0.1) is 5.60 Å². The number of rotatable bonds is 7. The van der Waals surface area contributed by atoms with Crippen molar-refractivity contribution in [2.45, 2.75) is 96.2 Å². The fraction of sp³-hybridized carbons (Fsp3) is 0.960. The Balaban J connectivity index is 1.55. The third-order valence-corrected chi connectivity index (χ3v) is 12.0. The third-order valence-electron chi connectivity index (χ3n) is 10.6. The molecule has 170 valence electrons. The Morgan fingerprint density at radius 2 is 2.10 bits per heavy atom. The standard InChI is InChI=1S/C25H41NO2S2/c1-16(2)18-7-10-23(3)17-14-19-20-6-4-9-25(19,28)24(23,22(18)26(20)15-17)11-8-21(27)30-13-5-12-29/h16-20,22,28-29H,4-15H2,1-3H3/t17-,18-,19-,20?,22+,23+,24+,25+/m1/s1. The van der Waals surface area contributed by atoms with Crippen LogP contribution in [0.25, 0.3) is 0 Å². The number of piperidine rings is 3. The molecule has 3 aliphatic carbocycles. The second-order valence-electron chi connectivity index (χ2n) is 11.7. The van der Waals surface area contributed by atoms with E-state index in [1.54, 1.807) is 0 Å². The SMILES string of the molecule is CC(C)[C@H]1CC[C@@]2(C)[C@@H]3C[C@@H]4C5CCC[C@@]4(O)[C@@]2(CCC(=O)SCCCS)[C@H]1N5C3. The Hall–Kier alpha value is 0.290. The first kappa shape index (κ1) is 22.1. The van der Waals surface area contributed by atoms with Gasteiger partial charge in [-0.1, -0.05) is 32.5 Å². The summed E-state index contributed by atoms with van der Waals surface area (Å²) in [4.78, 5) is 15.8. The maximum atomic E-state index is 12.9. The van der Waals surface area contributed by atoms with Gasteiger partial charge in [0, 0.05) is 42.1 Å². The van der Waals surface area contributed by atoms with Gasteiger partial charge in [-0.25, -0.2) is 0 Å². The predicted molar refractivity (Wildman–Crippen MR) is 128 cm³/mol. The first-order valence-corrected chi connectivity index (χ1v) is 14.2. The summed E-state index contributed by atoms with van der Waals surface area (Å²) < 4.78 is 0. The minimum absolute atomic E-state index is 0.101. The molecule has 0 aromatic carbocycles. The fourth-order valence-electron chi connectivity index (χ4n) is 9.51. The molecule has 0 aromatic rings. The van der Waals surface area contributed by atoms with Crippen molar-refractivity contribution in [2.24, 2.45) is 34.5 Å². The van der Waals surface area contributed by atoms with Gasteiger partial charge >= 0.3 is 0 Å². The lowest BCUT2D eigenvalue weighted by molar-refractivity contribution is -0.375. The molecule has 9 atom stereocenters. The van der Waals surface area contributed by atoms with Crippen molar-refractivity contribution in [1.82, 2.24) is 4.90 Å². The van der Waals surface area contributed by atoms with Crippen molar-refractivity contribution >= 4 is 29.5 Å². The molecule has 8 bridgehead atoms. The molecule has 0 spiro atoms. The van der Waals surface area contributed by atoms with E-state index in [9.17, 15) is 9.90 Å². The van der Waals surface area contributed by atoms with Crippen LogP contribution < -0.4 is 0 Å². The molecule has 0 amide bonds. The number of carbonyl (C=O) groups excluding carboxylic acids is 1. The fourth-order valence-corrected chi connectivity index (χ4v) is 10.6. The molecule has 2 unspecified atom stereocenters. The monoisotopic (exact) mass is 451 g/mol. The Kier molecular flexibility index (Phi) is 5.65. The molecule has 0 radical (unpaired) electrons. The summed E-state index contributed by atoms with van der Waals surface area (Å²) in [6.07, 6.45) is 9.67. The number of carbonyl (C=O) groups is 1. The summed E-state index contributed by atoms with van der Waals surface area (Å²) in [6, 6.07) is 1.05. The summed E-state index contributed by atoms with van der Waals surface area (Å²) >= 11 is 5.79. The second-order valence-corrected chi connectivity index (χ2v) is 13.3. The summed E-state index contributed by atoms with van der Waals surface area (Å²) in [5.74, 6) is 4.16. The van der Waals surface area contributed by atoms with Crippen molar-refractivity contribution < 1.29 is 9.90 Å². The second kappa shape index (κ2) is 7.67. The molecular formula is C25H41NO2S2. The summed E-state index contributed by atoms with van der Waals surface area (Å²) in [5.41, 5.74) is -0.481. The molecule has 3 nitrogen and oxygen atoms in total. The number of aliphatic hydroxyl groups is 1. The average Bonchev–Trinajstić information content (AvgIpc) is 2.70. The first-order chi connectivity index (χ1) is 14.3. The van der Waals surface area contributed by atoms with Crippen molar-refractivity contribution in [3.8, 4) is 0 Å². The molecule has 6 fully saturated rings. The van der Waals surface area contributed by atoms with Gasteiger partial charge in [0.1, 0.15) is 0 Å². The van der Waals surface area contributed by atoms with E-state index in [0.29, 0.717) is 47.3 Å². The molecule has 3 saturated heterocycles. The Morgan fingerprint density at radius 3 is 2.83 bits per heavy atom. The zero-order valence-corrected chi connectivity index (χ0v) is 20.8. The molecular weight excluding hydrogens is 410 g/mol. The Bertz CT molecular complexity index is 701. The molecule has 6 rings (SSSR count). The quantitative estimate of drug-likeness (QED) is 0.421. The summed E-state index contributed by atoms with van der Waals surface area (Å²) in [7, 11) is 0. The molecule has 3 heterocycles. The van der Waals surface area contributed by atoms with E-state index >= 15 is 0 Å². The van der Waals surface area contributed by atoms with Gasteiger partial charge in [-0.3, -0.25) is 9.69 Å². The van der Waals surface area contributed by atoms with Crippen LogP contribution in [0.4, 0.5) is 0 Å². The van der Waals surface area contributed by atoms with Crippen LogP contribution in [0.1, 0.15) is 78.6 Å². The molecule has 3 aliphatic heterocycles. The third kappa shape index (κ3) is 2.70. The van der Waals surface area contributed by atoms with Gasteiger partial charge in [-0.05, 0) is 80.3 Å². The lowest BCUT2D eigenvalue weighted by atomic mass is 9.30. The summed E-state index contributed by atoms with van der Waals surface area (Å²) in [6.45, 7) is 8.56. The minimum Gasteiger partial charge on any atom is -0.389 e. The Morgan fingerprint density at radius 1 is 1.30 bits per heavy atom. The molecule has 6 aliphatic rings. The van der Waals surface area contributed by atoms with E-state index in [-0.39, 0.29) is 10.8 Å². The molecule has 1 N–H and O–H groups in total. The van der Waals surface area contributed by atoms with Crippen LogP contribution in [0.5, 0.6) is 0 Å². The molecule has 3 saturated carbocycles. The van der Waals surface area contributed by atoms with Gasteiger partial charge in [-0.15, -0.1) is 0 Å². The van der Waals surface area contributed by atoms with Crippen LogP contribution in [0.2, 0.25) is 0 Å². The highest BCUT2D eigenvalue weighted by Gasteiger charge is 2.80. The molecule has 30 heavy (non-hydrogen) atoms. The topological polar surface area (TPSA) is 40.5 Å². The van der Waals surface area contributed by atoms with Gasteiger partial charge < -0.3 is 5.11 Å². The van der Waals surface area contributed by atoms with Crippen LogP contribution >= 0.6 is 24.4 Å². The average molecular weight is 452 g/mol. The van der Waals surface area contributed by atoms with Crippen LogP contribution in [0.3, 0.4) is 0 Å². The van der Waals surface area contributed by atoms with E-state index in [0.717, 1.165) is 37.2 Å². The van der Waals surface area contributed by atoms with Gasteiger partial charge in [-0.2, -0.15) is 12.6 Å². The highest BCUT2D eigenvalue weighted by molar-refractivity contribution is 8.13. The van der Waals surface area contributed by atoms with E-state index in [1.165, 1.54) is 44.0 Å². The predicted octanol–water partition coefficient (Wildman–Crippen LogP) is 5.02. The van der Waals surface area contributed by atoms with Gasteiger partial charge in [0.25, 0.3) is 0 Å².